The maximum atomic E-state index is 13.1. The maximum absolute atomic E-state index is 13.1. The van der Waals surface area contributed by atoms with Crippen molar-refractivity contribution in [2.45, 2.75) is 45.4 Å². The van der Waals surface area contributed by atoms with E-state index in [1.807, 2.05) is 34.9 Å². The molecule has 0 unspecified atom stereocenters. The molecule has 3 heterocycles. The van der Waals surface area contributed by atoms with E-state index in [0.717, 1.165) is 44.5 Å². The molecule has 2 fully saturated rings. The molecule has 4 rings (SSSR count). The molecule has 2 aliphatic rings. The largest absolute Gasteiger partial charge is 0.493 e. The number of amides is 2. The summed E-state index contributed by atoms with van der Waals surface area (Å²) in [6.07, 6.45) is 5.27. The van der Waals surface area contributed by atoms with E-state index in [-0.39, 0.29) is 17.2 Å². The van der Waals surface area contributed by atoms with Crippen molar-refractivity contribution in [2.24, 2.45) is 5.41 Å². The Morgan fingerprint density at radius 1 is 1.12 bits per heavy atom. The second-order valence-corrected chi connectivity index (χ2v) is 10.2. The molecular formula is C24H30ClN3O3S. The van der Waals surface area contributed by atoms with Crippen molar-refractivity contribution in [3.05, 3.63) is 45.4 Å². The number of carbonyl (C=O) groups is 2. The van der Waals surface area contributed by atoms with Gasteiger partial charge in [0.1, 0.15) is 10.6 Å². The lowest BCUT2D eigenvalue weighted by molar-refractivity contribution is -0.136. The van der Waals surface area contributed by atoms with E-state index in [1.165, 1.54) is 17.8 Å². The second kappa shape index (κ2) is 10.2. The molecule has 0 saturated carbocycles. The molecule has 1 aromatic carbocycles. The topological polar surface area (TPSA) is 62.7 Å². The Bertz CT molecular complexity index is 949. The summed E-state index contributed by atoms with van der Waals surface area (Å²) >= 11 is 7.50. The number of carbonyl (C=O) groups excluding carboxylic acids is 2. The molecule has 8 heteroatoms. The van der Waals surface area contributed by atoms with Crippen LogP contribution in [0.3, 0.4) is 0 Å². The van der Waals surface area contributed by atoms with E-state index in [1.54, 1.807) is 11.6 Å². The van der Waals surface area contributed by atoms with Gasteiger partial charge in [0.05, 0.1) is 17.8 Å². The first-order valence-electron chi connectivity index (χ1n) is 11.3. The van der Waals surface area contributed by atoms with Gasteiger partial charge in [0, 0.05) is 43.0 Å². The SMILES string of the molecule is Cc1ncsc1C(=O)N1CCC(COc2cccc(Cl)c2)(CC(=O)N2CCCCC2)CC1. The Hall–Kier alpha value is -2.12. The molecule has 0 radical (unpaired) electrons. The predicted molar refractivity (Wildman–Crippen MR) is 126 cm³/mol. The van der Waals surface area contributed by atoms with Gasteiger partial charge in [-0.1, -0.05) is 17.7 Å². The zero-order valence-electron chi connectivity index (χ0n) is 18.5. The van der Waals surface area contributed by atoms with Crippen LogP contribution in [0.4, 0.5) is 0 Å². The fraction of sp³-hybridized carbons (Fsp3) is 0.542. The van der Waals surface area contributed by atoms with Crippen LogP contribution in [-0.4, -0.2) is 59.4 Å². The van der Waals surface area contributed by atoms with Gasteiger partial charge in [-0.25, -0.2) is 4.98 Å². The molecule has 2 aliphatic heterocycles. The van der Waals surface area contributed by atoms with Gasteiger partial charge in [0.2, 0.25) is 5.91 Å². The minimum absolute atomic E-state index is 0.0386. The van der Waals surface area contributed by atoms with Gasteiger partial charge in [-0.05, 0) is 57.2 Å². The molecule has 2 amide bonds. The molecule has 2 aromatic rings. The van der Waals surface area contributed by atoms with Crippen LogP contribution >= 0.6 is 22.9 Å². The summed E-state index contributed by atoms with van der Waals surface area (Å²) in [5, 5.41) is 0.626. The highest BCUT2D eigenvalue weighted by molar-refractivity contribution is 7.11. The van der Waals surface area contributed by atoms with Crippen LogP contribution in [0.15, 0.2) is 29.8 Å². The number of aromatic nitrogens is 1. The number of nitrogens with zero attached hydrogens (tertiary/aromatic N) is 3. The van der Waals surface area contributed by atoms with Crippen molar-refractivity contribution in [3.8, 4) is 5.75 Å². The van der Waals surface area contributed by atoms with E-state index in [2.05, 4.69) is 4.98 Å². The molecule has 0 aliphatic carbocycles. The molecule has 0 N–H and O–H groups in total. The number of benzene rings is 1. The number of hydrogen-bond acceptors (Lipinski definition) is 5. The molecule has 6 nitrogen and oxygen atoms in total. The first kappa shape index (κ1) is 23.1. The van der Waals surface area contributed by atoms with Crippen LogP contribution in [0.2, 0.25) is 5.02 Å². The van der Waals surface area contributed by atoms with Gasteiger partial charge < -0.3 is 14.5 Å². The first-order chi connectivity index (χ1) is 15.5. The van der Waals surface area contributed by atoms with E-state index in [0.29, 0.717) is 41.8 Å². The third-order valence-corrected chi connectivity index (χ3v) is 7.78. The number of thiazole rings is 1. The van der Waals surface area contributed by atoms with E-state index < -0.39 is 0 Å². The lowest BCUT2D eigenvalue weighted by Gasteiger charge is -2.42. The van der Waals surface area contributed by atoms with Crippen LogP contribution in [0.25, 0.3) is 0 Å². The first-order valence-corrected chi connectivity index (χ1v) is 12.6. The molecule has 172 valence electrons. The van der Waals surface area contributed by atoms with Crippen LogP contribution in [0.1, 0.15) is 53.9 Å². The molecule has 0 spiro atoms. The number of rotatable bonds is 6. The van der Waals surface area contributed by atoms with Crippen molar-refractivity contribution in [1.29, 1.82) is 0 Å². The van der Waals surface area contributed by atoms with E-state index in [4.69, 9.17) is 16.3 Å². The van der Waals surface area contributed by atoms with Crippen molar-refractivity contribution >= 4 is 34.8 Å². The highest BCUT2D eigenvalue weighted by atomic mass is 35.5. The van der Waals surface area contributed by atoms with Crippen LogP contribution in [-0.2, 0) is 4.79 Å². The lowest BCUT2D eigenvalue weighted by atomic mass is 9.75. The molecular weight excluding hydrogens is 446 g/mol. The predicted octanol–water partition coefficient (Wildman–Crippen LogP) is 4.81. The average Bonchev–Trinajstić information content (AvgIpc) is 3.24. The minimum atomic E-state index is -0.295. The maximum Gasteiger partial charge on any atom is 0.265 e. The van der Waals surface area contributed by atoms with Crippen LogP contribution < -0.4 is 4.74 Å². The Morgan fingerprint density at radius 3 is 2.53 bits per heavy atom. The van der Waals surface area contributed by atoms with Gasteiger partial charge in [-0.3, -0.25) is 9.59 Å². The Balaban J connectivity index is 1.45. The molecule has 1 aromatic heterocycles. The highest BCUT2D eigenvalue weighted by Gasteiger charge is 2.40. The lowest BCUT2D eigenvalue weighted by Crippen LogP contribution is -2.48. The minimum Gasteiger partial charge on any atom is -0.493 e. The summed E-state index contributed by atoms with van der Waals surface area (Å²) in [7, 11) is 0. The van der Waals surface area contributed by atoms with Gasteiger partial charge in [-0.2, -0.15) is 0 Å². The van der Waals surface area contributed by atoms with Gasteiger partial charge in [-0.15, -0.1) is 11.3 Å². The monoisotopic (exact) mass is 475 g/mol. The number of likely N-dealkylation sites (tertiary alicyclic amines) is 2. The quantitative estimate of drug-likeness (QED) is 0.601. The van der Waals surface area contributed by atoms with Crippen LogP contribution in [0.5, 0.6) is 5.75 Å². The summed E-state index contributed by atoms with van der Waals surface area (Å²) in [6.45, 7) is 5.23. The van der Waals surface area contributed by atoms with Gasteiger partial charge in [0.15, 0.2) is 0 Å². The molecule has 0 atom stereocenters. The fourth-order valence-electron chi connectivity index (χ4n) is 4.58. The summed E-state index contributed by atoms with van der Waals surface area (Å²) in [6, 6.07) is 7.36. The van der Waals surface area contributed by atoms with Crippen molar-refractivity contribution in [3.63, 3.8) is 0 Å². The number of ether oxygens (including phenoxy) is 1. The third kappa shape index (κ3) is 5.44. The standard InChI is InChI=1S/C24H30ClN3O3S/c1-18-22(32-17-26-18)23(30)28-12-8-24(9-13-28,15-21(29)27-10-3-2-4-11-27)16-31-20-7-5-6-19(25)14-20/h5-7,14,17H,2-4,8-13,15-16H2,1H3. The van der Waals surface area contributed by atoms with Gasteiger partial charge >= 0.3 is 0 Å². The zero-order valence-corrected chi connectivity index (χ0v) is 20.1. The second-order valence-electron chi connectivity index (χ2n) is 8.92. The normalized spacial score (nSPS) is 18.4. The fourth-order valence-corrected chi connectivity index (χ4v) is 5.53. The highest BCUT2D eigenvalue weighted by Crippen LogP contribution is 2.38. The summed E-state index contributed by atoms with van der Waals surface area (Å²) in [4.78, 5) is 34.9. The third-order valence-electron chi connectivity index (χ3n) is 6.63. The Kier molecular flexibility index (Phi) is 7.36. The van der Waals surface area contributed by atoms with Crippen molar-refractivity contribution in [1.82, 2.24) is 14.8 Å². The summed E-state index contributed by atoms with van der Waals surface area (Å²) < 4.78 is 6.14. The van der Waals surface area contributed by atoms with E-state index in [9.17, 15) is 9.59 Å². The molecule has 2 saturated heterocycles. The average molecular weight is 476 g/mol. The summed E-state index contributed by atoms with van der Waals surface area (Å²) in [5.74, 6) is 0.954. The number of aryl methyl sites for hydroxylation is 1. The molecule has 32 heavy (non-hydrogen) atoms. The Labute approximate surface area is 198 Å². The zero-order chi connectivity index (χ0) is 22.6. The number of halogens is 1. The van der Waals surface area contributed by atoms with Crippen molar-refractivity contribution in [2.75, 3.05) is 32.8 Å². The van der Waals surface area contributed by atoms with Gasteiger partial charge in [0.25, 0.3) is 5.91 Å². The summed E-state index contributed by atoms with van der Waals surface area (Å²) in [5.41, 5.74) is 2.20. The Morgan fingerprint density at radius 2 is 1.88 bits per heavy atom. The number of hydrogen-bond donors (Lipinski definition) is 0. The van der Waals surface area contributed by atoms with Crippen LogP contribution in [0, 0.1) is 12.3 Å². The molecule has 0 bridgehead atoms. The number of piperidine rings is 2. The smallest absolute Gasteiger partial charge is 0.265 e. The van der Waals surface area contributed by atoms with Crippen molar-refractivity contribution < 1.29 is 14.3 Å². The van der Waals surface area contributed by atoms with E-state index >= 15 is 0 Å².